The molecule has 3 aromatic rings. The van der Waals surface area contributed by atoms with Crippen molar-refractivity contribution in [1.82, 2.24) is 14.7 Å². The lowest BCUT2D eigenvalue weighted by atomic mass is 9.90. The maximum absolute atomic E-state index is 14.0. The number of fused-ring (bicyclic) bond motifs is 1. The number of pyridine rings is 1. The lowest BCUT2D eigenvalue weighted by Gasteiger charge is -2.31. The van der Waals surface area contributed by atoms with Crippen molar-refractivity contribution in [3.8, 4) is 5.75 Å². The lowest BCUT2D eigenvalue weighted by Crippen LogP contribution is -2.42. The predicted octanol–water partition coefficient (Wildman–Crippen LogP) is 4.65. The summed E-state index contributed by atoms with van der Waals surface area (Å²) in [5, 5.41) is 6.21. The van der Waals surface area contributed by atoms with Gasteiger partial charge in [0, 0.05) is 23.8 Å². The number of ether oxygens (including phenoxy) is 1. The van der Waals surface area contributed by atoms with Crippen molar-refractivity contribution in [3.05, 3.63) is 59.7 Å². The molecule has 0 bridgehead atoms. The van der Waals surface area contributed by atoms with Crippen LogP contribution in [0.15, 0.2) is 42.6 Å². The van der Waals surface area contributed by atoms with E-state index in [-0.39, 0.29) is 23.6 Å². The molecule has 0 spiro atoms. The van der Waals surface area contributed by atoms with Crippen LogP contribution >= 0.6 is 0 Å². The van der Waals surface area contributed by atoms with E-state index in [0.29, 0.717) is 23.6 Å². The molecule has 0 unspecified atom stereocenters. The third kappa shape index (κ3) is 4.63. The van der Waals surface area contributed by atoms with Gasteiger partial charge >= 0.3 is 6.18 Å². The van der Waals surface area contributed by atoms with Gasteiger partial charge in [0.25, 0.3) is 5.91 Å². The minimum atomic E-state index is -4.67. The number of imidazole rings is 1. The number of nitrogens with one attached hydrogen (secondary N) is 2. The highest BCUT2D eigenvalue weighted by Gasteiger charge is 2.35. The highest BCUT2D eigenvalue weighted by atomic mass is 19.4. The van der Waals surface area contributed by atoms with E-state index in [1.165, 1.54) is 6.07 Å². The van der Waals surface area contributed by atoms with Crippen LogP contribution in [-0.2, 0) is 6.18 Å². The van der Waals surface area contributed by atoms with E-state index in [1.807, 2.05) is 0 Å². The SMILES string of the molecule is COc1ccc(C(=O)N[C@@H]2CCC[C@H](Nc3ccc(F)c4nc(C(F)(F)F)cn34)C2)cc1. The topological polar surface area (TPSA) is 67.7 Å². The molecule has 1 aliphatic carbocycles. The van der Waals surface area contributed by atoms with Crippen molar-refractivity contribution in [3.63, 3.8) is 0 Å². The molecule has 6 nitrogen and oxygen atoms in total. The number of alkyl halides is 3. The van der Waals surface area contributed by atoms with E-state index in [2.05, 4.69) is 15.6 Å². The Bertz CT molecular complexity index is 1110. The second kappa shape index (κ2) is 8.68. The van der Waals surface area contributed by atoms with E-state index >= 15 is 0 Å². The number of aromatic nitrogens is 2. The van der Waals surface area contributed by atoms with Gasteiger partial charge in [0.15, 0.2) is 17.2 Å². The maximum atomic E-state index is 14.0. The van der Waals surface area contributed by atoms with Gasteiger partial charge < -0.3 is 15.4 Å². The van der Waals surface area contributed by atoms with Crippen LogP contribution in [0, 0.1) is 5.82 Å². The number of carbonyl (C=O) groups excluding carboxylic acids is 1. The average molecular weight is 450 g/mol. The Morgan fingerprint density at radius 3 is 2.53 bits per heavy atom. The smallest absolute Gasteiger partial charge is 0.434 e. The van der Waals surface area contributed by atoms with Crippen LogP contribution in [0.4, 0.5) is 23.4 Å². The summed E-state index contributed by atoms with van der Waals surface area (Å²) >= 11 is 0. The zero-order valence-corrected chi connectivity index (χ0v) is 17.2. The molecule has 0 saturated heterocycles. The molecule has 1 fully saturated rings. The highest BCUT2D eigenvalue weighted by Crippen LogP contribution is 2.31. The quantitative estimate of drug-likeness (QED) is 0.555. The van der Waals surface area contributed by atoms with Crippen LogP contribution in [0.25, 0.3) is 5.65 Å². The molecule has 1 aliphatic rings. The second-order valence-electron chi connectivity index (χ2n) is 7.79. The van der Waals surface area contributed by atoms with E-state index < -0.39 is 17.7 Å². The van der Waals surface area contributed by atoms with Gasteiger partial charge in [-0.15, -0.1) is 0 Å². The summed E-state index contributed by atoms with van der Waals surface area (Å²) in [6.07, 6.45) is -0.907. The number of nitrogens with zero attached hydrogens (tertiary/aromatic N) is 2. The maximum Gasteiger partial charge on any atom is 0.434 e. The first-order valence-electron chi connectivity index (χ1n) is 10.2. The van der Waals surface area contributed by atoms with Crippen LogP contribution in [0.2, 0.25) is 0 Å². The number of halogens is 4. The van der Waals surface area contributed by atoms with Crippen LogP contribution in [0.3, 0.4) is 0 Å². The minimum absolute atomic E-state index is 0.0969. The molecule has 1 aromatic carbocycles. The van der Waals surface area contributed by atoms with Crippen molar-refractivity contribution < 1.29 is 27.1 Å². The van der Waals surface area contributed by atoms with Gasteiger partial charge in [-0.2, -0.15) is 13.2 Å². The van der Waals surface area contributed by atoms with Crippen LogP contribution in [0.1, 0.15) is 41.7 Å². The van der Waals surface area contributed by atoms with Gasteiger partial charge in [0.05, 0.1) is 7.11 Å². The zero-order chi connectivity index (χ0) is 22.9. The fourth-order valence-corrected chi connectivity index (χ4v) is 3.97. The van der Waals surface area contributed by atoms with Gasteiger partial charge in [0.1, 0.15) is 11.6 Å². The minimum Gasteiger partial charge on any atom is -0.497 e. The first-order valence-corrected chi connectivity index (χ1v) is 10.2. The molecule has 4 rings (SSSR count). The molecule has 2 N–H and O–H groups in total. The fourth-order valence-electron chi connectivity index (χ4n) is 3.97. The molecule has 1 amide bonds. The van der Waals surface area contributed by atoms with Crippen molar-refractivity contribution in [2.75, 3.05) is 12.4 Å². The number of benzene rings is 1. The largest absolute Gasteiger partial charge is 0.497 e. The molecule has 170 valence electrons. The average Bonchev–Trinajstić information content (AvgIpc) is 3.23. The van der Waals surface area contributed by atoms with Crippen LogP contribution < -0.4 is 15.4 Å². The van der Waals surface area contributed by atoms with Gasteiger partial charge in [-0.1, -0.05) is 0 Å². The second-order valence-corrected chi connectivity index (χ2v) is 7.79. The third-order valence-corrected chi connectivity index (χ3v) is 5.57. The number of rotatable bonds is 5. The summed E-state index contributed by atoms with van der Waals surface area (Å²) in [6, 6.07) is 9.06. The third-order valence-electron chi connectivity index (χ3n) is 5.57. The molecule has 2 aromatic heterocycles. The number of carbonyl (C=O) groups is 1. The van der Waals surface area contributed by atoms with Gasteiger partial charge in [-0.25, -0.2) is 9.37 Å². The Balaban J connectivity index is 1.46. The Labute approximate surface area is 181 Å². The highest BCUT2D eigenvalue weighted by molar-refractivity contribution is 5.94. The molecule has 0 radical (unpaired) electrons. The molecular formula is C22H22F4N4O2. The molecule has 2 atom stereocenters. The summed E-state index contributed by atoms with van der Waals surface area (Å²) in [5.41, 5.74) is -1.03. The number of amides is 1. The first-order chi connectivity index (χ1) is 15.2. The Morgan fingerprint density at radius 2 is 1.84 bits per heavy atom. The van der Waals surface area contributed by atoms with Gasteiger partial charge in [-0.3, -0.25) is 9.20 Å². The molecule has 32 heavy (non-hydrogen) atoms. The molecular weight excluding hydrogens is 428 g/mol. The Hall–Kier alpha value is -3.30. The van der Waals surface area contributed by atoms with Crippen molar-refractivity contribution in [2.24, 2.45) is 0 Å². The Morgan fingerprint density at radius 1 is 1.12 bits per heavy atom. The first kappa shape index (κ1) is 21.9. The summed E-state index contributed by atoms with van der Waals surface area (Å²) < 4.78 is 59.3. The predicted molar refractivity (Wildman–Crippen MR) is 110 cm³/mol. The van der Waals surface area contributed by atoms with Crippen LogP contribution in [0.5, 0.6) is 5.75 Å². The van der Waals surface area contributed by atoms with Crippen molar-refractivity contribution in [2.45, 2.75) is 43.9 Å². The number of hydrogen-bond donors (Lipinski definition) is 2. The number of hydrogen-bond acceptors (Lipinski definition) is 4. The summed E-state index contributed by atoms with van der Waals surface area (Å²) in [5.74, 6) is -0.0648. The number of methoxy groups -OCH3 is 1. The number of anilines is 1. The molecule has 10 heteroatoms. The van der Waals surface area contributed by atoms with E-state index in [9.17, 15) is 22.4 Å². The van der Waals surface area contributed by atoms with Crippen molar-refractivity contribution >= 4 is 17.4 Å². The Kier molecular flexibility index (Phi) is 5.94. The monoisotopic (exact) mass is 450 g/mol. The molecule has 0 aliphatic heterocycles. The van der Waals surface area contributed by atoms with Gasteiger partial charge in [0.2, 0.25) is 0 Å². The van der Waals surface area contributed by atoms with Crippen molar-refractivity contribution in [1.29, 1.82) is 0 Å². The summed E-state index contributed by atoms with van der Waals surface area (Å²) in [6.45, 7) is 0. The summed E-state index contributed by atoms with van der Waals surface area (Å²) in [4.78, 5) is 15.9. The lowest BCUT2D eigenvalue weighted by molar-refractivity contribution is -0.140. The van der Waals surface area contributed by atoms with Gasteiger partial charge in [-0.05, 0) is 62.1 Å². The zero-order valence-electron chi connectivity index (χ0n) is 17.2. The van der Waals surface area contributed by atoms with E-state index in [4.69, 9.17) is 4.74 Å². The fraction of sp³-hybridized carbons (Fsp3) is 0.364. The summed E-state index contributed by atoms with van der Waals surface area (Å²) in [7, 11) is 1.55. The molecule has 2 heterocycles. The molecule has 1 saturated carbocycles. The van der Waals surface area contributed by atoms with E-state index in [0.717, 1.165) is 35.9 Å². The van der Waals surface area contributed by atoms with Crippen LogP contribution in [-0.4, -0.2) is 34.5 Å². The normalized spacial score (nSPS) is 19.0. The van der Waals surface area contributed by atoms with E-state index in [1.54, 1.807) is 31.4 Å². The standard InChI is InChI=1S/C22H22F4N4O2/c1-32-16-7-5-13(6-8-16)21(31)28-15-4-2-3-14(11-15)27-19-10-9-17(23)20-29-18(12-30(19)20)22(24,25)26/h5-10,12,14-15,27H,2-4,11H2,1H3,(H,28,31)/t14-,15+/m0/s1.